The van der Waals surface area contributed by atoms with Crippen molar-refractivity contribution in [2.75, 3.05) is 18.5 Å². The van der Waals surface area contributed by atoms with Gasteiger partial charge in [0.1, 0.15) is 0 Å². The maximum absolute atomic E-state index is 12.0. The molecule has 1 N–H and O–H groups in total. The van der Waals surface area contributed by atoms with Gasteiger partial charge in [0.05, 0.1) is 18.9 Å². The summed E-state index contributed by atoms with van der Waals surface area (Å²) in [7, 11) is 0. The Balaban J connectivity index is 2.15. The number of amides is 1. The molecule has 1 saturated heterocycles. The van der Waals surface area contributed by atoms with E-state index in [2.05, 4.69) is 5.32 Å². The number of para-hydroxylation sites is 1. The lowest BCUT2D eigenvalue weighted by Gasteiger charge is -2.31. The van der Waals surface area contributed by atoms with E-state index in [0.29, 0.717) is 13.2 Å². The predicted octanol–water partition coefficient (Wildman–Crippen LogP) is 1.54. The number of fused-ring (bicyclic) bond motifs is 2. The van der Waals surface area contributed by atoms with Crippen molar-refractivity contribution in [1.29, 1.82) is 0 Å². The maximum Gasteiger partial charge on any atom is 0.289 e. The van der Waals surface area contributed by atoms with E-state index in [1.54, 1.807) is 0 Å². The second-order valence-corrected chi connectivity index (χ2v) is 4.12. The van der Waals surface area contributed by atoms with E-state index < -0.39 is 5.79 Å². The van der Waals surface area contributed by atoms with Crippen molar-refractivity contribution >= 4 is 11.6 Å². The summed E-state index contributed by atoms with van der Waals surface area (Å²) in [5, 5.41) is 2.84. The van der Waals surface area contributed by atoms with Crippen LogP contribution in [-0.2, 0) is 20.1 Å². The quantitative estimate of drug-likeness (QED) is 0.720. The highest BCUT2D eigenvalue weighted by molar-refractivity contribution is 6.04. The molecule has 0 atom stereocenters. The fourth-order valence-corrected chi connectivity index (χ4v) is 2.25. The van der Waals surface area contributed by atoms with Gasteiger partial charge in [0, 0.05) is 5.56 Å². The molecule has 1 aromatic rings. The minimum Gasteiger partial charge on any atom is -0.338 e. The van der Waals surface area contributed by atoms with Crippen molar-refractivity contribution in [3.8, 4) is 0 Å². The van der Waals surface area contributed by atoms with Crippen LogP contribution in [0, 0.1) is 6.92 Å². The van der Waals surface area contributed by atoms with Crippen LogP contribution in [0.2, 0.25) is 0 Å². The molecular formula is C12H13NO3. The molecule has 2 aliphatic heterocycles. The Hall–Kier alpha value is -1.39. The smallest absolute Gasteiger partial charge is 0.289 e. The predicted molar refractivity (Wildman–Crippen MR) is 58.0 cm³/mol. The molecule has 0 unspecified atom stereocenters. The van der Waals surface area contributed by atoms with Crippen LogP contribution in [0.1, 0.15) is 17.5 Å². The van der Waals surface area contributed by atoms with E-state index in [1.165, 1.54) is 0 Å². The van der Waals surface area contributed by atoms with Gasteiger partial charge in [0.2, 0.25) is 0 Å². The van der Waals surface area contributed by atoms with Gasteiger partial charge in [0.15, 0.2) is 0 Å². The summed E-state index contributed by atoms with van der Waals surface area (Å²) in [6, 6.07) is 5.75. The van der Waals surface area contributed by atoms with Crippen LogP contribution in [0.15, 0.2) is 18.2 Å². The van der Waals surface area contributed by atoms with Crippen molar-refractivity contribution in [3.05, 3.63) is 29.3 Å². The van der Waals surface area contributed by atoms with Crippen LogP contribution in [-0.4, -0.2) is 19.1 Å². The van der Waals surface area contributed by atoms with E-state index in [1.807, 2.05) is 25.1 Å². The second kappa shape index (κ2) is 3.30. The normalized spacial score (nSPS) is 21.9. The first-order valence-corrected chi connectivity index (χ1v) is 5.43. The molecule has 2 aliphatic rings. The Morgan fingerprint density at radius 2 is 2.06 bits per heavy atom. The van der Waals surface area contributed by atoms with Crippen LogP contribution in [0.25, 0.3) is 0 Å². The molecule has 0 bridgehead atoms. The molecular weight excluding hydrogens is 206 g/mol. The summed E-state index contributed by atoms with van der Waals surface area (Å²) in [6.45, 7) is 3.07. The number of carbonyl (C=O) groups excluding carboxylic acids is 1. The largest absolute Gasteiger partial charge is 0.338 e. The zero-order valence-corrected chi connectivity index (χ0v) is 9.08. The van der Waals surface area contributed by atoms with Crippen molar-refractivity contribution in [2.45, 2.75) is 19.1 Å². The minimum absolute atomic E-state index is 0.212. The van der Waals surface area contributed by atoms with E-state index in [4.69, 9.17) is 9.47 Å². The summed E-state index contributed by atoms with van der Waals surface area (Å²) in [5.74, 6) is -1.41. The number of hydrogen-bond donors (Lipinski definition) is 1. The molecule has 0 aromatic heterocycles. The Kier molecular flexibility index (Phi) is 2.02. The second-order valence-electron chi connectivity index (χ2n) is 4.12. The average Bonchev–Trinajstić information content (AvgIpc) is 2.57. The van der Waals surface area contributed by atoms with E-state index in [-0.39, 0.29) is 5.91 Å². The lowest BCUT2D eigenvalue weighted by molar-refractivity contribution is -0.255. The van der Waals surface area contributed by atoms with Crippen molar-refractivity contribution in [1.82, 2.24) is 0 Å². The van der Waals surface area contributed by atoms with Gasteiger partial charge in [-0.2, -0.15) is 0 Å². The number of hydrogen-bond acceptors (Lipinski definition) is 3. The molecule has 1 aromatic carbocycles. The van der Waals surface area contributed by atoms with Gasteiger partial charge < -0.3 is 14.8 Å². The van der Waals surface area contributed by atoms with Gasteiger partial charge in [-0.1, -0.05) is 18.2 Å². The molecule has 0 radical (unpaired) electrons. The van der Waals surface area contributed by atoms with Gasteiger partial charge in [-0.25, -0.2) is 0 Å². The third-order valence-corrected chi connectivity index (χ3v) is 3.06. The molecule has 1 amide bonds. The maximum atomic E-state index is 12.0. The number of benzene rings is 1. The molecule has 84 valence electrons. The van der Waals surface area contributed by atoms with Crippen molar-refractivity contribution in [3.63, 3.8) is 0 Å². The highest BCUT2D eigenvalue weighted by atomic mass is 16.7. The molecule has 3 rings (SSSR count). The highest BCUT2D eigenvalue weighted by Crippen LogP contribution is 2.42. The molecule has 2 heterocycles. The van der Waals surface area contributed by atoms with E-state index in [0.717, 1.165) is 23.2 Å². The van der Waals surface area contributed by atoms with Crippen LogP contribution >= 0.6 is 0 Å². The molecule has 16 heavy (non-hydrogen) atoms. The average molecular weight is 219 g/mol. The standard InChI is InChI=1S/C12H13NO3/c1-8-4-2-5-9-10(8)13-11(14)12(9)15-6-3-7-16-12/h2,4-5H,3,6-7H2,1H3,(H,13,14). The summed E-state index contributed by atoms with van der Waals surface area (Å²) in [5.41, 5.74) is 2.66. The van der Waals surface area contributed by atoms with Gasteiger partial charge in [0.25, 0.3) is 11.7 Å². The highest BCUT2D eigenvalue weighted by Gasteiger charge is 2.51. The number of aryl methyl sites for hydroxylation is 1. The Bertz CT molecular complexity index is 450. The van der Waals surface area contributed by atoms with Gasteiger partial charge in [-0.05, 0) is 18.9 Å². The lowest BCUT2D eigenvalue weighted by atomic mass is 10.0. The fourth-order valence-electron chi connectivity index (χ4n) is 2.25. The monoisotopic (exact) mass is 219 g/mol. The van der Waals surface area contributed by atoms with Crippen LogP contribution in [0.5, 0.6) is 0 Å². The Labute approximate surface area is 93.5 Å². The topological polar surface area (TPSA) is 47.6 Å². The molecule has 4 heteroatoms. The number of carbonyl (C=O) groups is 1. The third kappa shape index (κ3) is 1.14. The van der Waals surface area contributed by atoms with Gasteiger partial charge in [-0.15, -0.1) is 0 Å². The van der Waals surface area contributed by atoms with Gasteiger partial charge in [-0.3, -0.25) is 4.79 Å². The van der Waals surface area contributed by atoms with Crippen LogP contribution < -0.4 is 5.32 Å². The molecule has 0 saturated carbocycles. The Morgan fingerprint density at radius 1 is 1.31 bits per heavy atom. The molecule has 0 aliphatic carbocycles. The number of ether oxygens (including phenoxy) is 2. The minimum atomic E-state index is -1.19. The summed E-state index contributed by atoms with van der Waals surface area (Å²) < 4.78 is 11.2. The van der Waals surface area contributed by atoms with E-state index >= 15 is 0 Å². The van der Waals surface area contributed by atoms with Gasteiger partial charge >= 0.3 is 0 Å². The third-order valence-electron chi connectivity index (χ3n) is 3.06. The molecule has 1 spiro atoms. The van der Waals surface area contributed by atoms with E-state index in [9.17, 15) is 4.79 Å². The molecule has 4 nitrogen and oxygen atoms in total. The van der Waals surface area contributed by atoms with Crippen molar-refractivity contribution < 1.29 is 14.3 Å². The number of anilines is 1. The number of rotatable bonds is 0. The summed E-state index contributed by atoms with van der Waals surface area (Å²) in [4.78, 5) is 12.0. The lowest BCUT2D eigenvalue weighted by Crippen LogP contribution is -2.43. The number of nitrogens with one attached hydrogen (secondary N) is 1. The summed E-state index contributed by atoms with van der Waals surface area (Å²) >= 11 is 0. The Morgan fingerprint density at radius 3 is 2.81 bits per heavy atom. The van der Waals surface area contributed by atoms with Crippen molar-refractivity contribution in [2.24, 2.45) is 0 Å². The zero-order chi connectivity index (χ0) is 11.2. The van der Waals surface area contributed by atoms with Crippen LogP contribution in [0.4, 0.5) is 5.69 Å². The first-order valence-electron chi connectivity index (χ1n) is 5.43. The van der Waals surface area contributed by atoms with Crippen LogP contribution in [0.3, 0.4) is 0 Å². The summed E-state index contributed by atoms with van der Waals surface area (Å²) in [6.07, 6.45) is 0.830. The molecule has 1 fully saturated rings. The zero-order valence-electron chi connectivity index (χ0n) is 9.08. The first-order chi connectivity index (χ1) is 7.74. The fraction of sp³-hybridized carbons (Fsp3) is 0.417. The first kappa shape index (κ1) is 9.81. The SMILES string of the molecule is Cc1cccc2c1NC(=O)C21OCCCO1.